The number of carbonyl (C=O) groups is 3. The van der Waals surface area contributed by atoms with Gasteiger partial charge in [0.05, 0.1) is 6.61 Å². The Labute approximate surface area is 239 Å². The largest absolute Gasteiger partial charge is 0.394 e. The lowest BCUT2D eigenvalue weighted by atomic mass is 9.62. The van der Waals surface area contributed by atoms with Crippen LogP contribution in [0.5, 0.6) is 0 Å². The second kappa shape index (κ2) is 10.4. The van der Waals surface area contributed by atoms with Crippen molar-refractivity contribution < 1.29 is 29.3 Å². The molecule has 0 bridgehead atoms. The van der Waals surface area contributed by atoms with Gasteiger partial charge in [0, 0.05) is 16.7 Å². The number of carbonyl (C=O) groups excluding carboxylic acids is 3. The number of Topliss-reactive ketones (excluding diaryl/α,β-unsaturated/α-hetero) is 3. The molecule has 3 atom stereocenters. The van der Waals surface area contributed by atoms with Crippen LogP contribution in [0, 0.1) is 5.41 Å². The molecule has 1 aliphatic heterocycles. The van der Waals surface area contributed by atoms with Crippen molar-refractivity contribution in [3.8, 4) is 0 Å². The zero-order chi connectivity index (χ0) is 29.5. The van der Waals surface area contributed by atoms with Crippen LogP contribution in [-0.4, -0.2) is 65.9 Å². The van der Waals surface area contributed by atoms with Crippen LogP contribution < -0.4 is 5.73 Å². The van der Waals surface area contributed by atoms with Gasteiger partial charge in [-0.3, -0.25) is 19.0 Å². The van der Waals surface area contributed by atoms with Crippen molar-refractivity contribution in [1.29, 1.82) is 0 Å². The van der Waals surface area contributed by atoms with E-state index in [1.54, 1.807) is 54.6 Å². The van der Waals surface area contributed by atoms with E-state index in [9.17, 15) is 24.6 Å². The van der Waals surface area contributed by atoms with Crippen LogP contribution in [0.1, 0.15) is 31.1 Å². The summed E-state index contributed by atoms with van der Waals surface area (Å²) in [5.41, 5.74) is 0.959. The zero-order valence-electron chi connectivity index (χ0n) is 22.1. The van der Waals surface area contributed by atoms with E-state index in [1.165, 1.54) is 42.7 Å². The predicted octanol–water partition coefficient (Wildman–Crippen LogP) is 2.45. The van der Waals surface area contributed by atoms with Crippen molar-refractivity contribution in [2.75, 3.05) is 12.3 Å². The van der Waals surface area contributed by atoms with E-state index in [1.807, 2.05) is 0 Å². The molecular weight excluding hydrogens is 538 g/mol. The van der Waals surface area contributed by atoms with Gasteiger partial charge in [-0.1, -0.05) is 91.0 Å². The molecule has 11 nitrogen and oxygen atoms in total. The maximum Gasteiger partial charge on any atom is 0.235 e. The van der Waals surface area contributed by atoms with Gasteiger partial charge < -0.3 is 20.7 Å². The molecule has 0 unspecified atom stereocenters. The van der Waals surface area contributed by atoms with E-state index in [0.29, 0.717) is 0 Å². The van der Waals surface area contributed by atoms with E-state index in [2.05, 4.69) is 15.0 Å². The Hall–Kier alpha value is -5.10. The second-order valence-electron chi connectivity index (χ2n) is 9.87. The van der Waals surface area contributed by atoms with E-state index < -0.39 is 47.3 Å². The molecule has 0 aliphatic carbocycles. The molecule has 4 N–H and O–H groups in total. The lowest BCUT2D eigenvalue weighted by Crippen LogP contribution is -2.64. The number of imidazole rings is 1. The third kappa shape index (κ3) is 3.72. The maximum absolute atomic E-state index is 14.9. The van der Waals surface area contributed by atoms with Crippen molar-refractivity contribution in [3.05, 3.63) is 120 Å². The smallest absolute Gasteiger partial charge is 0.235 e. The zero-order valence-corrected chi connectivity index (χ0v) is 22.1. The number of nitrogens with zero attached hydrogens (tertiary/aromatic N) is 4. The Kier molecular flexibility index (Phi) is 6.70. The minimum Gasteiger partial charge on any atom is -0.394 e. The van der Waals surface area contributed by atoms with Crippen molar-refractivity contribution in [1.82, 2.24) is 19.5 Å². The fraction of sp³-hybridized carbons (Fsp3) is 0.161. The number of rotatable bonds is 8. The minimum atomic E-state index is -2.68. The highest BCUT2D eigenvalue weighted by Gasteiger charge is 2.77. The number of aromatic nitrogens is 4. The number of hydrogen-bond acceptors (Lipinski definition) is 10. The third-order valence-corrected chi connectivity index (χ3v) is 7.67. The highest BCUT2D eigenvalue weighted by atomic mass is 16.6. The number of ketones is 3. The number of ether oxygens (including phenoxy) is 1. The van der Waals surface area contributed by atoms with Crippen LogP contribution in [0.15, 0.2) is 104 Å². The van der Waals surface area contributed by atoms with Crippen molar-refractivity contribution in [2.45, 2.75) is 17.9 Å². The summed E-state index contributed by atoms with van der Waals surface area (Å²) in [7, 11) is 0. The van der Waals surface area contributed by atoms with Gasteiger partial charge in [0.15, 0.2) is 28.4 Å². The Morgan fingerprint density at radius 2 is 1.29 bits per heavy atom. The highest BCUT2D eigenvalue weighted by Crippen LogP contribution is 2.56. The molecule has 5 aromatic rings. The molecular formula is C31H25N5O6. The summed E-state index contributed by atoms with van der Waals surface area (Å²) >= 11 is 0. The number of aliphatic hydroxyl groups is 2. The molecule has 3 aromatic carbocycles. The second-order valence-corrected chi connectivity index (χ2v) is 9.87. The number of anilines is 1. The number of aliphatic hydroxyl groups excluding tert-OH is 2. The topological polar surface area (TPSA) is 171 Å². The molecule has 0 spiro atoms. The van der Waals surface area contributed by atoms with Gasteiger partial charge in [0.25, 0.3) is 0 Å². The summed E-state index contributed by atoms with van der Waals surface area (Å²) in [6, 6.07) is 23.6. The van der Waals surface area contributed by atoms with Gasteiger partial charge in [-0.2, -0.15) is 0 Å². The van der Waals surface area contributed by atoms with Gasteiger partial charge in [0.1, 0.15) is 30.4 Å². The van der Waals surface area contributed by atoms with Gasteiger partial charge in [-0.05, 0) is 0 Å². The van der Waals surface area contributed by atoms with Gasteiger partial charge >= 0.3 is 0 Å². The summed E-state index contributed by atoms with van der Waals surface area (Å²) < 4.78 is 7.50. The third-order valence-electron chi connectivity index (χ3n) is 7.67. The SMILES string of the molecule is Nc1ncnc2c1ncn2[C@]1(C(=O)c2ccccc2)O[C@H](CO)[C@@H](O)C1(C(=O)c1ccccc1)C(=O)c1ccccc1. The predicted molar refractivity (Wildman–Crippen MR) is 150 cm³/mol. The van der Waals surface area contributed by atoms with Crippen molar-refractivity contribution >= 4 is 34.3 Å². The summed E-state index contributed by atoms with van der Waals surface area (Å²) in [5, 5.41) is 22.5. The number of nitrogen functional groups attached to an aromatic ring is 1. The van der Waals surface area contributed by atoms with Crippen LogP contribution >= 0.6 is 0 Å². The lowest BCUT2D eigenvalue weighted by molar-refractivity contribution is -0.105. The Balaban J connectivity index is 1.80. The Morgan fingerprint density at radius 1 is 0.786 bits per heavy atom. The number of fused-ring (bicyclic) bond motifs is 1. The molecule has 42 heavy (non-hydrogen) atoms. The normalized spacial score (nSPS) is 21.3. The molecule has 11 heteroatoms. The first-order valence-electron chi connectivity index (χ1n) is 13.1. The van der Waals surface area contributed by atoms with Crippen LogP contribution in [0.3, 0.4) is 0 Å². The molecule has 0 amide bonds. The lowest BCUT2D eigenvalue weighted by Gasteiger charge is -2.42. The Bertz CT molecular complexity index is 1740. The number of hydrogen-bond donors (Lipinski definition) is 3. The summed E-state index contributed by atoms with van der Waals surface area (Å²) in [5.74, 6) is -2.65. The van der Waals surface area contributed by atoms with E-state index >= 15 is 0 Å². The van der Waals surface area contributed by atoms with Crippen LogP contribution in [0.25, 0.3) is 11.2 Å². The van der Waals surface area contributed by atoms with Crippen molar-refractivity contribution in [2.24, 2.45) is 5.41 Å². The highest BCUT2D eigenvalue weighted by molar-refractivity contribution is 6.25. The fourth-order valence-electron chi connectivity index (χ4n) is 5.76. The van der Waals surface area contributed by atoms with Crippen LogP contribution in [0.2, 0.25) is 0 Å². The first-order valence-corrected chi connectivity index (χ1v) is 13.1. The molecule has 3 heterocycles. The average molecular weight is 564 g/mol. The molecule has 0 radical (unpaired) electrons. The Morgan fingerprint density at radius 3 is 1.79 bits per heavy atom. The van der Waals surface area contributed by atoms with Gasteiger partial charge in [-0.25, -0.2) is 15.0 Å². The molecule has 6 rings (SSSR count). The molecule has 2 aromatic heterocycles. The standard InChI is InChI=1S/C31H25N5O6/c32-28-23-29(34-17-33-28)36(18-35-23)31(26(40)21-14-8-3-9-15-21)30(27(41)22(16-37)42-31,24(38)19-10-4-1-5-11-19)25(39)20-12-6-2-7-13-20/h1-15,17-18,22,27,37,41H,16H2,(H2,32,33,34)/t22-,27-,31-/m1/s1. The van der Waals surface area contributed by atoms with Crippen LogP contribution in [-0.2, 0) is 10.5 Å². The minimum absolute atomic E-state index is 0.0207. The summed E-state index contributed by atoms with van der Waals surface area (Å²) in [4.78, 5) is 57.3. The van der Waals surface area contributed by atoms with E-state index in [-0.39, 0.29) is 33.7 Å². The van der Waals surface area contributed by atoms with Gasteiger partial charge in [0.2, 0.25) is 11.5 Å². The first kappa shape index (κ1) is 27.1. The van der Waals surface area contributed by atoms with Crippen molar-refractivity contribution in [3.63, 3.8) is 0 Å². The molecule has 210 valence electrons. The molecule has 1 saturated heterocycles. The number of nitrogens with two attached hydrogens (primary N) is 1. The fourth-order valence-corrected chi connectivity index (χ4v) is 5.76. The summed E-state index contributed by atoms with van der Waals surface area (Å²) in [6.45, 7) is -0.819. The summed E-state index contributed by atoms with van der Waals surface area (Å²) in [6.07, 6.45) is -1.22. The monoisotopic (exact) mass is 563 g/mol. The molecule has 1 fully saturated rings. The average Bonchev–Trinajstić information content (AvgIpc) is 3.60. The van der Waals surface area contributed by atoms with Crippen LogP contribution in [0.4, 0.5) is 5.82 Å². The first-order chi connectivity index (χ1) is 20.4. The van der Waals surface area contributed by atoms with Gasteiger partial charge in [-0.15, -0.1) is 0 Å². The van der Waals surface area contributed by atoms with E-state index in [4.69, 9.17) is 10.5 Å². The van der Waals surface area contributed by atoms with E-state index in [0.717, 1.165) is 10.9 Å². The molecule has 0 saturated carbocycles. The number of benzene rings is 3. The maximum atomic E-state index is 14.9. The molecule has 1 aliphatic rings. The quantitative estimate of drug-likeness (QED) is 0.188.